The van der Waals surface area contributed by atoms with Gasteiger partial charge < -0.3 is 0 Å². The minimum absolute atomic E-state index is 0.143. The number of aromatic nitrogens is 5. The van der Waals surface area contributed by atoms with E-state index in [9.17, 15) is 4.79 Å². The van der Waals surface area contributed by atoms with Gasteiger partial charge in [-0.3, -0.25) is 10.1 Å². The zero-order valence-electron chi connectivity index (χ0n) is 6.57. The van der Waals surface area contributed by atoms with Gasteiger partial charge in [0.2, 0.25) is 4.77 Å². The molecule has 0 fully saturated rings. The average molecular weight is 215 g/mol. The molecule has 2 N–H and O–H groups in total. The van der Waals surface area contributed by atoms with Gasteiger partial charge in [-0.05, 0) is 18.5 Å². The normalized spacial score (nSPS) is 10.8. The molecule has 0 aliphatic carbocycles. The molecule has 68 valence electrons. The van der Waals surface area contributed by atoms with Gasteiger partial charge in [-0.1, -0.05) is 11.8 Å². The molecule has 0 saturated heterocycles. The first kappa shape index (κ1) is 8.45. The fraction of sp³-hybridized carbons (Fsp3) is 0.200. The maximum Gasteiger partial charge on any atom is 0.349 e. The summed E-state index contributed by atoms with van der Waals surface area (Å²) < 4.78 is 1.35. The Bertz CT molecular complexity index is 552. The van der Waals surface area contributed by atoms with Crippen LogP contribution < -0.4 is 5.69 Å². The third kappa shape index (κ3) is 1.38. The highest BCUT2D eigenvalue weighted by atomic mass is 32.2. The van der Waals surface area contributed by atoms with E-state index >= 15 is 0 Å². The van der Waals surface area contributed by atoms with Crippen LogP contribution in [0.3, 0.4) is 0 Å². The van der Waals surface area contributed by atoms with E-state index in [0.29, 0.717) is 5.16 Å². The lowest BCUT2D eigenvalue weighted by atomic mass is 11.0. The van der Waals surface area contributed by atoms with Crippen molar-refractivity contribution in [3.63, 3.8) is 0 Å². The maximum atomic E-state index is 11.2. The topological polar surface area (TPSA) is 78.8 Å². The second kappa shape index (κ2) is 2.96. The van der Waals surface area contributed by atoms with Gasteiger partial charge in [0.1, 0.15) is 0 Å². The summed E-state index contributed by atoms with van der Waals surface area (Å²) in [6, 6.07) is 0. The fourth-order valence-electron chi connectivity index (χ4n) is 0.886. The van der Waals surface area contributed by atoms with Crippen LogP contribution >= 0.6 is 24.0 Å². The molecule has 0 aliphatic rings. The molecule has 2 rings (SSSR count). The molecular weight excluding hydrogens is 210 g/mol. The Morgan fingerprint density at radius 2 is 2.31 bits per heavy atom. The quantitative estimate of drug-likeness (QED) is 0.524. The highest BCUT2D eigenvalue weighted by molar-refractivity contribution is 7.98. The van der Waals surface area contributed by atoms with Crippen molar-refractivity contribution in [3.05, 3.63) is 15.3 Å². The Labute approximate surface area is 81.4 Å². The highest BCUT2D eigenvalue weighted by Crippen LogP contribution is 2.06. The zero-order chi connectivity index (χ0) is 9.42. The van der Waals surface area contributed by atoms with E-state index in [1.54, 1.807) is 0 Å². The summed E-state index contributed by atoms with van der Waals surface area (Å²) >= 11 is 6.13. The van der Waals surface area contributed by atoms with Crippen molar-refractivity contribution in [2.75, 3.05) is 6.26 Å². The number of nitrogens with one attached hydrogen (secondary N) is 2. The predicted octanol–water partition coefficient (Wildman–Crippen LogP) is 0.197. The largest absolute Gasteiger partial charge is 0.349 e. The minimum atomic E-state index is -0.359. The molecule has 2 aromatic heterocycles. The molecule has 0 aliphatic heterocycles. The number of rotatable bonds is 1. The Hall–Kier alpha value is -1.15. The fourth-order valence-corrected chi connectivity index (χ4v) is 1.41. The Balaban J connectivity index is 2.91. The predicted molar refractivity (Wildman–Crippen MR) is 50.6 cm³/mol. The number of aromatic amines is 2. The lowest BCUT2D eigenvalue weighted by Gasteiger charge is -1.87. The molecule has 0 radical (unpaired) electrons. The molecule has 0 bridgehead atoms. The Kier molecular flexibility index (Phi) is 1.93. The third-order valence-corrected chi connectivity index (χ3v) is 2.18. The van der Waals surface area contributed by atoms with Crippen LogP contribution in [0.2, 0.25) is 0 Å². The van der Waals surface area contributed by atoms with Crippen molar-refractivity contribution in [2.24, 2.45) is 0 Å². The van der Waals surface area contributed by atoms with Gasteiger partial charge in [0, 0.05) is 0 Å². The summed E-state index contributed by atoms with van der Waals surface area (Å²) in [6.07, 6.45) is 1.85. The zero-order valence-corrected chi connectivity index (χ0v) is 8.20. The van der Waals surface area contributed by atoms with Crippen LogP contribution in [0.1, 0.15) is 0 Å². The van der Waals surface area contributed by atoms with Crippen LogP contribution in [0, 0.1) is 4.77 Å². The number of hydrogen-bond donors (Lipinski definition) is 2. The van der Waals surface area contributed by atoms with Crippen LogP contribution in [0.15, 0.2) is 9.95 Å². The number of hydrogen-bond acceptors (Lipinski definition) is 5. The molecule has 0 unspecified atom stereocenters. The van der Waals surface area contributed by atoms with Gasteiger partial charge >= 0.3 is 5.69 Å². The number of thioether (sulfide) groups is 1. The molecule has 2 aromatic rings. The smallest absolute Gasteiger partial charge is 0.281 e. The molecule has 0 saturated carbocycles. The van der Waals surface area contributed by atoms with Gasteiger partial charge in [-0.15, -0.1) is 0 Å². The molecular formula is C5H5N5OS2. The van der Waals surface area contributed by atoms with Crippen LogP contribution in [-0.4, -0.2) is 30.8 Å². The summed E-state index contributed by atoms with van der Waals surface area (Å²) in [6.45, 7) is 0. The van der Waals surface area contributed by atoms with E-state index in [2.05, 4.69) is 20.1 Å². The molecule has 0 atom stereocenters. The van der Waals surface area contributed by atoms with Crippen LogP contribution in [0.25, 0.3) is 5.78 Å². The first-order valence-corrected chi connectivity index (χ1v) is 4.97. The van der Waals surface area contributed by atoms with Crippen LogP contribution in [0.5, 0.6) is 0 Å². The van der Waals surface area contributed by atoms with Crippen molar-refractivity contribution in [3.8, 4) is 0 Å². The Morgan fingerprint density at radius 1 is 1.54 bits per heavy atom. The molecule has 0 amide bonds. The number of fused-ring (bicyclic) bond motifs is 1. The summed E-state index contributed by atoms with van der Waals surface area (Å²) in [5, 5.41) is 3.38. The van der Waals surface area contributed by atoms with Crippen LogP contribution in [0.4, 0.5) is 0 Å². The summed E-state index contributed by atoms with van der Waals surface area (Å²) in [5.74, 6) is 0.290. The van der Waals surface area contributed by atoms with Gasteiger partial charge in [-0.25, -0.2) is 4.79 Å². The maximum absolute atomic E-state index is 11.2. The first-order chi connectivity index (χ1) is 6.20. The lowest BCUT2D eigenvalue weighted by molar-refractivity contribution is 0.804. The van der Waals surface area contributed by atoms with E-state index in [1.807, 2.05) is 6.26 Å². The average Bonchev–Trinajstić information content (AvgIpc) is 2.47. The summed E-state index contributed by atoms with van der Waals surface area (Å²) in [5.41, 5.74) is -0.359. The standard InChI is InChI=1S/C5H5N5OS2/c1-13-4-7-2-6-3(12)8-5(11)10(2)9-4/h1H3,(H2,6,7,8,9,11,12). The molecule has 2 heterocycles. The number of nitrogens with zero attached hydrogens (tertiary/aromatic N) is 3. The van der Waals surface area contributed by atoms with E-state index in [-0.39, 0.29) is 16.2 Å². The van der Waals surface area contributed by atoms with Crippen molar-refractivity contribution < 1.29 is 0 Å². The Morgan fingerprint density at radius 3 is 3.00 bits per heavy atom. The van der Waals surface area contributed by atoms with Gasteiger partial charge in [-0.2, -0.15) is 14.5 Å². The van der Waals surface area contributed by atoms with Gasteiger partial charge in [0.15, 0.2) is 5.16 Å². The summed E-state index contributed by atoms with van der Waals surface area (Å²) in [4.78, 5) is 21.5. The molecule has 0 aromatic carbocycles. The first-order valence-electron chi connectivity index (χ1n) is 3.34. The van der Waals surface area contributed by atoms with Crippen molar-refractivity contribution in [1.82, 2.24) is 24.6 Å². The van der Waals surface area contributed by atoms with Crippen molar-refractivity contribution in [2.45, 2.75) is 5.16 Å². The SMILES string of the molecule is CSc1nc2nc(=S)[nH]c(=O)n2[nH]1. The van der Waals surface area contributed by atoms with E-state index in [4.69, 9.17) is 12.2 Å². The summed E-state index contributed by atoms with van der Waals surface area (Å²) in [7, 11) is 0. The van der Waals surface area contributed by atoms with Crippen molar-refractivity contribution in [1.29, 1.82) is 0 Å². The molecule has 6 nitrogen and oxygen atoms in total. The van der Waals surface area contributed by atoms with E-state index in [1.165, 1.54) is 16.3 Å². The third-order valence-electron chi connectivity index (χ3n) is 1.42. The minimum Gasteiger partial charge on any atom is -0.281 e. The monoisotopic (exact) mass is 215 g/mol. The van der Waals surface area contributed by atoms with E-state index in [0.717, 1.165) is 0 Å². The molecule has 8 heteroatoms. The molecule has 0 spiro atoms. The second-order valence-electron chi connectivity index (χ2n) is 2.22. The van der Waals surface area contributed by atoms with Crippen molar-refractivity contribution >= 4 is 29.8 Å². The van der Waals surface area contributed by atoms with Crippen LogP contribution in [-0.2, 0) is 0 Å². The number of H-pyrrole nitrogens is 2. The van der Waals surface area contributed by atoms with Gasteiger partial charge in [0.05, 0.1) is 0 Å². The second-order valence-corrected chi connectivity index (χ2v) is 3.40. The van der Waals surface area contributed by atoms with Gasteiger partial charge in [0.25, 0.3) is 5.78 Å². The van der Waals surface area contributed by atoms with E-state index < -0.39 is 0 Å². The lowest BCUT2D eigenvalue weighted by Crippen LogP contribution is -2.18. The highest BCUT2D eigenvalue weighted by Gasteiger charge is 2.03. The molecule has 13 heavy (non-hydrogen) atoms.